The molecule has 0 aliphatic heterocycles. The summed E-state index contributed by atoms with van der Waals surface area (Å²) in [6.07, 6.45) is 1.84. The van der Waals surface area contributed by atoms with Crippen LogP contribution in [0.2, 0.25) is 0 Å². The van der Waals surface area contributed by atoms with Gasteiger partial charge in [-0.1, -0.05) is 13.8 Å². The normalized spacial score (nSPS) is 9.92. The summed E-state index contributed by atoms with van der Waals surface area (Å²) in [7, 11) is 0. The average Bonchev–Trinajstić information content (AvgIpc) is 2.05. The molecule has 1 rings (SSSR count). The van der Waals surface area contributed by atoms with Gasteiger partial charge in [0.05, 0.1) is 6.57 Å². The van der Waals surface area contributed by atoms with Crippen LogP contribution in [0.15, 0.2) is 12.3 Å². The van der Waals surface area contributed by atoms with Crippen molar-refractivity contribution in [2.24, 2.45) is 0 Å². The zero-order chi connectivity index (χ0) is 9.14. The third-order valence-electron chi connectivity index (χ3n) is 1.87. The Morgan fingerprint density at radius 3 is 2.67 bits per heavy atom. The first-order chi connectivity index (χ1) is 5.65. The van der Waals surface area contributed by atoms with Crippen molar-refractivity contribution in [3.63, 3.8) is 0 Å². The first-order valence-corrected chi connectivity index (χ1v) is 3.99. The second-order valence-electron chi connectivity index (χ2n) is 3.14. The maximum Gasteiger partial charge on any atom is 0.208 e. The first kappa shape index (κ1) is 8.73. The predicted octanol–water partition coefficient (Wildman–Crippen LogP) is 3.06. The van der Waals surface area contributed by atoms with Crippen LogP contribution in [0.4, 0.5) is 5.69 Å². The Kier molecular flexibility index (Phi) is 2.44. The molecule has 12 heavy (non-hydrogen) atoms. The molecule has 0 N–H and O–H groups in total. The molecule has 0 atom stereocenters. The summed E-state index contributed by atoms with van der Waals surface area (Å²) >= 11 is 0. The molecule has 0 unspecified atom stereocenters. The van der Waals surface area contributed by atoms with Gasteiger partial charge in [-0.15, -0.1) is 0 Å². The van der Waals surface area contributed by atoms with Gasteiger partial charge in [0.15, 0.2) is 0 Å². The van der Waals surface area contributed by atoms with Crippen molar-refractivity contribution >= 4 is 5.69 Å². The average molecular weight is 160 g/mol. The fourth-order valence-electron chi connectivity index (χ4n) is 0.966. The molecule has 1 aromatic heterocycles. The molecule has 0 saturated carbocycles. The van der Waals surface area contributed by atoms with Crippen LogP contribution in [0, 0.1) is 13.5 Å². The standard InChI is InChI=1S/C10H12N2/c1-7(2)9-5-10(11-4)8(3)12-6-9/h5-7H,1-3H3. The van der Waals surface area contributed by atoms with Crippen LogP contribution in [-0.4, -0.2) is 4.98 Å². The molecule has 0 spiro atoms. The van der Waals surface area contributed by atoms with E-state index in [4.69, 9.17) is 6.57 Å². The van der Waals surface area contributed by atoms with E-state index in [1.165, 1.54) is 0 Å². The molecule has 0 saturated heterocycles. The maximum absolute atomic E-state index is 6.91. The van der Waals surface area contributed by atoms with Gasteiger partial charge in [0, 0.05) is 11.9 Å². The third-order valence-corrected chi connectivity index (χ3v) is 1.87. The highest BCUT2D eigenvalue weighted by Gasteiger charge is 2.03. The molecule has 1 heterocycles. The Labute approximate surface area is 73.1 Å². The van der Waals surface area contributed by atoms with E-state index in [0.29, 0.717) is 11.6 Å². The molecule has 0 bridgehead atoms. The van der Waals surface area contributed by atoms with E-state index in [0.717, 1.165) is 11.3 Å². The summed E-state index contributed by atoms with van der Waals surface area (Å²) < 4.78 is 0. The number of hydrogen-bond donors (Lipinski definition) is 0. The van der Waals surface area contributed by atoms with E-state index in [1.807, 2.05) is 19.2 Å². The lowest BCUT2D eigenvalue weighted by molar-refractivity contribution is 0.857. The van der Waals surface area contributed by atoms with Crippen molar-refractivity contribution in [1.82, 2.24) is 4.98 Å². The van der Waals surface area contributed by atoms with Gasteiger partial charge >= 0.3 is 0 Å². The molecule has 0 radical (unpaired) electrons. The van der Waals surface area contributed by atoms with E-state index in [9.17, 15) is 0 Å². The third kappa shape index (κ3) is 1.62. The highest BCUT2D eigenvalue weighted by atomic mass is 14.8. The molecule has 2 nitrogen and oxygen atoms in total. The van der Waals surface area contributed by atoms with Crippen molar-refractivity contribution < 1.29 is 0 Å². The Morgan fingerprint density at radius 1 is 1.50 bits per heavy atom. The molecular formula is C10H12N2. The van der Waals surface area contributed by atoms with Crippen LogP contribution < -0.4 is 0 Å². The summed E-state index contributed by atoms with van der Waals surface area (Å²) in [4.78, 5) is 7.56. The topological polar surface area (TPSA) is 17.2 Å². The van der Waals surface area contributed by atoms with Gasteiger partial charge in [-0.3, -0.25) is 4.98 Å². The van der Waals surface area contributed by atoms with E-state index in [2.05, 4.69) is 23.7 Å². The van der Waals surface area contributed by atoms with Crippen LogP contribution in [0.3, 0.4) is 0 Å². The van der Waals surface area contributed by atoms with Crippen LogP contribution in [0.1, 0.15) is 31.0 Å². The second-order valence-corrected chi connectivity index (χ2v) is 3.14. The molecule has 0 aromatic carbocycles. The predicted molar refractivity (Wildman–Crippen MR) is 49.3 cm³/mol. The highest BCUT2D eigenvalue weighted by Crippen LogP contribution is 2.22. The number of rotatable bonds is 1. The van der Waals surface area contributed by atoms with E-state index >= 15 is 0 Å². The Hall–Kier alpha value is -1.36. The molecule has 0 amide bonds. The molecule has 0 aliphatic rings. The molecular weight excluding hydrogens is 148 g/mol. The minimum atomic E-state index is 0.443. The summed E-state index contributed by atoms with van der Waals surface area (Å²) in [5.74, 6) is 0.443. The second kappa shape index (κ2) is 3.36. The van der Waals surface area contributed by atoms with Gasteiger partial charge in [-0.25, -0.2) is 4.85 Å². The number of pyridine rings is 1. The minimum Gasteiger partial charge on any atom is -0.273 e. The number of hydrogen-bond acceptors (Lipinski definition) is 1. The number of aromatic nitrogens is 1. The van der Waals surface area contributed by atoms with E-state index in [1.54, 1.807) is 0 Å². The Morgan fingerprint density at radius 2 is 2.17 bits per heavy atom. The van der Waals surface area contributed by atoms with Gasteiger partial charge in [0.2, 0.25) is 5.69 Å². The van der Waals surface area contributed by atoms with Crippen molar-refractivity contribution in [2.45, 2.75) is 26.7 Å². The first-order valence-electron chi connectivity index (χ1n) is 3.99. The molecule has 1 aromatic rings. The fourth-order valence-corrected chi connectivity index (χ4v) is 0.966. The van der Waals surface area contributed by atoms with Crippen molar-refractivity contribution in [3.05, 3.63) is 34.9 Å². The van der Waals surface area contributed by atoms with Gasteiger partial charge in [-0.2, -0.15) is 0 Å². The molecule has 2 heteroatoms. The Balaban J connectivity index is 3.16. The van der Waals surface area contributed by atoms with Crippen LogP contribution in [0.5, 0.6) is 0 Å². The minimum absolute atomic E-state index is 0.443. The van der Waals surface area contributed by atoms with E-state index in [-0.39, 0.29) is 0 Å². The summed E-state index contributed by atoms with van der Waals surface area (Å²) in [5.41, 5.74) is 2.61. The van der Waals surface area contributed by atoms with Gasteiger partial charge in [-0.05, 0) is 24.5 Å². The monoisotopic (exact) mass is 160 g/mol. The largest absolute Gasteiger partial charge is 0.273 e. The van der Waals surface area contributed by atoms with E-state index < -0.39 is 0 Å². The molecule has 0 fully saturated rings. The molecule has 62 valence electrons. The van der Waals surface area contributed by atoms with Crippen LogP contribution in [0.25, 0.3) is 4.85 Å². The lowest BCUT2D eigenvalue weighted by Crippen LogP contribution is -1.89. The maximum atomic E-state index is 6.91. The quantitative estimate of drug-likeness (QED) is 0.577. The summed E-state index contributed by atoms with van der Waals surface area (Å²) in [5, 5.41) is 0. The lowest BCUT2D eigenvalue weighted by atomic mass is 10.1. The van der Waals surface area contributed by atoms with Gasteiger partial charge in [0.25, 0.3) is 0 Å². The zero-order valence-corrected chi connectivity index (χ0v) is 7.63. The summed E-state index contributed by atoms with van der Waals surface area (Å²) in [6.45, 7) is 13.0. The number of aryl methyl sites for hydroxylation is 1. The number of nitrogens with zero attached hydrogens (tertiary/aromatic N) is 2. The van der Waals surface area contributed by atoms with Crippen molar-refractivity contribution in [1.29, 1.82) is 0 Å². The van der Waals surface area contributed by atoms with Crippen molar-refractivity contribution in [2.75, 3.05) is 0 Å². The Bertz CT molecular complexity index is 321. The van der Waals surface area contributed by atoms with Crippen molar-refractivity contribution in [3.8, 4) is 0 Å². The fraction of sp³-hybridized carbons (Fsp3) is 0.400. The molecule has 0 aliphatic carbocycles. The zero-order valence-electron chi connectivity index (χ0n) is 7.63. The lowest BCUT2D eigenvalue weighted by Gasteiger charge is -2.05. The van der Waals surface area contributed by atoms with Crippen LogP contribution >= 0.6 is 0 Å². The smallest absolute Gasteiger partial charge is 0.208 e. The highest BCUT2D eigenvalue weighted by molar-refractivity contribution is 5.50. The summed E-state index contributed by atoms with van der Waals surface area (Å²) in [6, 6.07) is 1.92. The van der Waals surface area contributed by atoms with Crippen LogP contribution in [-0.2, 0) is 0 Å². The SMILES string of the molecule is [C-]#[N+]c1cc(C(C)C)cnc1C. The van der Waals surface area contributed by atoms with Gasteiger partial charge in [0.1, 0.15) is 0 Å². The van der Waals surface area contributed by atoms with Gasteiger partial charge < -0.3 is 0 Å².